The molecule has 2 atom stereocenters. The van der Waals surface area contributed by atoms with Crippen molar-refractivity contribution in [3.8, 4) is 5.69 Å². The molecule has 0 aliphatic carbocycles. The van der Waals surface area contributed by atoms with Crippen molar-refractivity contribution in [2.75, 3.05) is 13.1 Å². The van der Waals surface area contributed by atoms with Crippen LogP contribution in [0.3, 0.4) is 0 Å². The predicted molar refractivity (Wildman–Crippen MR) is 105 cm³/mol. The number of rotatable bonds is 5. The number of aliphatic hydroxyl groups excluding tert-OH is 1. The fourth-order valence-corrected chi connectivity index (χ4v) is 4.26. The van der Waals surface area contributed by atoms with E-state index in [4.69, 9.17) is 0 Å². The summed E-state index contributed by atoms with van der Waals surface area (Å²) in [5.74, 6) is 0.215. The van der Waals surface area contributed by atoms with Crippen molar-refractivity contribution in [1.29, 1.82) is 0 Å². The largest absolute Gasteiger partial charge is 0.391 e. The van der Waals surface area contributed by atoms with E-state index in [1.54, 1.807) is 0 Å². The lowest BCUT2D eigenvalue weighted by Gasteiger charge is -2.20. The van der Waals surface area contributed by atoms with E-state index in [9.17, 15) is 5.11 Å². The maximum atomic E-state index is 10.6. The van der Waals surface area contributed by atoms with Crippen LogP contribution in [-0.4, -0.2) is 49.2 Å². The van der Waals surface area contributed by atoms with Gasteiger partial charge in [-0.05, 0) is 50.5 Å². The number of aromatic amines is 1. The second kappa shape index (κ2) is 7.29. The molecule has 1 fully saturated rings. The molecule has 0 saturated carbocycles. The molecule has 1 aliphatic rings. The highest BCUT2D eigenvalue weighted by Crippen LogP contribution is 2.27. The first-order chi connectivity index (χ1) is 13.0. The Hall–Kier alpha value is -2.44. The molecule has 1 aromatic carbocycles. The van der Waals surface area contributed by atoms with Crippen molar-refractivity contribution < 1.29 is 5.11 Å². The smallest absolute Gasteiger partial charge is 0.0719 e. The molecule has 0 bridgehead atoms. The molecular formula is C21H27N5O. The van der Waals surface area contributed by atoms with Crippen LogP contribution in [0.1, 0.15) is 28.1 Å². The Kier molecular flexibility index (Phi) is 4.85. The van der Waals surface area contributed by atoms with Crippen molar-refractivity contribution in [3.63, 3.8) is 0 Å². The van der Waals surface area contributed by atoms with Crippen LogP contribution >= 0.6 is 0 Å². The third-order valence-electron chi connectivity index (χ3n) is 5.36. The summed E-state index contributed by atoms with van der Waals surface area (Å²) in [4.78, 5) is 2.34. The van der Waals surface area contributed by atoms with E-state index in [-0.39, 0.29) is 12.0 Å². The van der Waals surface area contributed by atoms with E-state index >= 15 is 0 Å². The molecule has 1 saturated heterocycles. The molecule has 4 rings (SSSR count). The van der Waals surface area contributed by atoms with Crippen molar-refractivity contribution >= 4 is 0 Å². The van der Waals surface area contributed by atoms with Gasteiger partial charge in [0.25, 0.3) is 0 Å². The number of likely N-dealkylation sites (tertiary alicyclic amines) is 1. The number of hydrogen-bond acceptors (Lipinski definition) is 4. The summed E-state index contributed by atoms with van der Waals surface area (Å²) in [6.07, 6.45) is 4.29. The lowest BCUT2D eigenvalue weighted by Crippen LogP contribution is -2.22. The Morgan fingerprint density at radius 2 is 2.04 bits per heavy atom. The standard InChI is InChI=1S/C21H27N5O/c1-14-7-15(2)21(26-6-4-5-22-26)18(8-14)12-25-11-17(20(27)13-25)10-19-9-16(3)23-24-19/h4-9,17,20,27H,10-13H2,1-3H3,(H,23,24)/t17-,20-/m1/s1. The van der Waals surface area contributed by atoms with Gasteiger partial charge in [-0.2, -0.15) is 10.2 Å². The zero-order valence-electron chi connectivity index (χ0n) is 16.2. The van der Waals surface area contributed by atoms with Crippen LogP contribution in [0.25, 0.3) is 5.69 Å². The number of nitrogens with zero attached hydrogens (tertiary/aromatic N) is 4. The summed E-state index contributed by atoms with van der Waals surface area (Å²) in [7, 11) is 0. The molecule has 1 aliphatic heterocycles. The van der Waals surface area contributed by atoms with Gasteiger partial charge in [-0.25, -0.2) is 4.68 Å². The highest BCUT2D eigenvalue weighted by atomic mass is 16.3. The van der Waals surface area contributed by atoms with Gasteiger partial charge < -0.3 is 5.11 Å². The Bertz CT molecular complexity index is 915. The molecule has 2 aromatic heterocycles. The van der Waals surface area contributed by atoms with E-state index in [0.717, 1.165) is 36.6 Å². The monoisotopic (exact) mass is 365 g/mol. The van der Waals surface area contributed by atoms with Gasteiger partial charge in [0.1, 0.15) is 0 Å². The Morgan fingerprint density at radius 1 is 1.19 bits per heavy atom. The number of nitrogens with one attached hydrogen (secondary N) is 1. The molecule has 6 nitrogen and oxygen atoms in total. The number of benzene rings is 1. The minimum Gasteiger partial charge on any atom is -0.391 e. The highest BCUT2D eigenvalue weighted by Gasteiger charge is 2.32. The summed E-state index contributed by atoms with van der Waals surface area (Å²) in [5.41, 5.74) is 6.96. The van der Waals surface area contributed by atoms with Crippen LogP contribution in [0.15, 0.2) is 36.7 Å². The summed E-state index contributed by atoms with van der Waals surface area (Å²) in [6, 6.07) is 8.45. The molecule has 27 heavy (non-hydrogen) atoms. The van der Waals surface area contributed by atoms with E-state index < -0.39 is 0 Å². The van der Waals surface area contributed by atoms with Crippen molar-refractivity contribution in [1.82, 2.24) is 24.9 Å². The van der Waals surface area contributed by atoms with Crippen molar-refractivity contribution in [2.45, 2.75) is 39.8 Å². The second-order valence-electron chi connectivity index (χ2n) is 7.81. The van der Waals surface area contributed by atoms with Gasteiger partial charge in [0.2, 0.25) is 0 Å². The van der Waals surface area contributed by atoms with Gasteiger partial charge in [0.05, 0.1) is 17.5 Å². The van der Waals surface area contributed by atoms with E-state index in [1.165, 1.54) is 16.7 Å². The van der Waals surface area contributed by atoms with Gasteiger partial charge in [-0.3, -0.25) is 10.00 Å². The molecule has 0 unspecified atom stereocenters. The first kappa shape index (κ1) is 17.9. The molecule has 0 spiro atoms. The summed E-state index contributed by atoms with van der Waals surface area (Å²) in [5, 5.41) is 22.3. The quantitative estimate of drug-likeness (QED) is 0.729. The van der Waals surface area contributed by atoms with Gasteiger partial charge in [0.15, 0.2) is 0 Å². The summed E-state index contributed by atoms with van der Waals surface area (Å²) in [6.45, 7) is 8.65. The van der Waals surface area contributed by atoms with E-state index in [2.05, 4.69) is 52.2 Å². The van der Waals surface area contributed by atoms with Crippen LogP contribution in [0.5, 0.6) is 0 Å². The average molecular weight is 365 g/mol. The fraction of sp³-hybridized carbons (Fsp3) is 0.429. The minimum atomic E-state index is -0.318. The number of H-pyrrole nitrogens is 1. The Morgan fingerprint density at radius 3 is 2.74 bits per heavy atom. The fourth-order valence-electron chi connectivity index (χ4n) is 4.26. The van der Waals surface area contributed by atoms with E-state index in [1.807, 2.05) is 30.1 Å². The first-order valence-electron chi connectivity index (χ1n) is 9.51. The predicted octanol–water partition coefficient (Wildman–Crippen LogP) is 2.56. The van der Waals surface area contributed by atoms with Gasteiger partial charge >= 0.3 is 0 Å². The second-order valence-corrected chi connectivity index (χ2v) is 7.81. The molecule has 2 N–H and O–H groups in total. The normalized spacial score (nSPS) is 20.4. The number of aromatic nitrogens is 4. The Labute approximate surface area is 159 Å². The number of β-amino-alcohol motifs (C(OH)–C–C–N with tert-alkyl or cyclic N) is 1. The molecule has 6 heteroatoms. The molecule has 0 amide bonds. The molecule has 0 radical (unpaired) electrons. The van der Waals surface area contributed by atoms with Crippen molar-refractivity contribution in [2.24, 2.45) is 5.92 Å². The zero-order chi connectivity index (χ0) is 19.0. The SMILES string of the molecule is Cc1cc(C)c(-n2cccn2)c(CN2C[C@@H](Cc3cc(C)[nH]n3)[C@H](O)C2)c1. The average Bonchev–Trinajstić information content (AvgIpc) is 3.31. The molecule has 142 valence electrons. The van der Waals surface area contributed by atoms with Gasteiger partial charge in [0, 0.05) is 43.6 Å². The maximum Gasteiger partial charge on any atom is 0.0719 e. The van der Waals surface area contributed by atoms with Crippen LogP contribution < -0.4 is 0 Å². The van der Waals surface area contributed by atoms with Crippen molar-refractivity contribution in [3.05, 3.63) is 64.7 Å². The third-order valence-corrected chi connectivity index (χ3v) is 5.36. The number of aryl methyl sites for hydroxylation is 3. The van der Waals surface area contributed by atoms with Crippen LogP contribution in [0, 0.1) is 26.7 Å². The lowest BCUT2D eigenvalue weighted by atomic mass is 10.00. The van der Waals surface area contributed by atoms with Gasteiger partial charge in [-0.1, -0.05) is 17.7 Å². The molecule has 3 heterocycles. The van der Waals surface area contributed by atoms with Crippen LogP contribution in [-0.2, 0) is 13.0 Å². The first-order valence-corrected chi connectivity index (χ1v) is 9.51. The third kappa shape index (κ3) is 3.82. The topological polar surface area (TPSA) is 70.0 Å². The van der Waals surface area contributed by atoms with E-state index in [0.29, 0.717) is 6.54 Å². The minimum absolute atomic E-state index is 0.215. The Balaban J connectivity index is 1.53. The van der Waals surface area contributed by atoms with Gasteiger partial charge in [-0.15, -0.1) is 0 Å². The molecular weight excluding hydrogens is 338 g/mol. The lowest BCUT2D eigenvalue weighted by molar-refractivity contribution is 0.140. The zero-order valence-corrected chi connectivity index (χ0v) is 16.2. The number of hydrogen-bond donors (Lipinski definition) is 2. The van der Waals surface area contributed by atoms with Crippen LogP contribution in [0.4, 0.5) is 0 Å². The summed E-state index contributed by atoms with van der Waals surface area (Å²) >= 11 is 0. The number of aliphatic hydroxyl groups is 1. The maximum absolute atomic E-state index is 10.6. The summed E-state index contributed by atoms with van der Waals surface area (Å²) < 4.78 is 1.95. The van der Waals surface area contributed by atoms with Crippen LogP contribution in [0.2, 0.25) is 0 Å². The molecule has 3 aromatic rings. The highest BCUT2D eigenvalue weighted by molar-refractivity contribution is 5.49.